The fourth-order valence-corrected chi connectivity index (χ4v) is 2.75. The number of likely N-dealkylation sites (tertiary alicyclic amines) is 1. The largest absolute Gasteiger partial charge is 0.340 e. The van der Waals surface area contributed by atoms with Crippen LogP contribution in [0.5, 0.6) is 0 Å². The molecule has 1 aromatic carbocycles. The molecular formula is C16H19N3. The minimum atomic E-state index is 0.486. The molecule has 0 saturated carbocycles. The van der Waals surface area contributed by atoms with Crippen LogP contribution in [0.4, 0.5) is 11.5 Å². The minimum Gasteiger partial charge on any atom is -0.340 e. The molecule has 1 aromatic heterocycles. The number of pyridine rings is 1. The third kappa shape index (κ3) is 2.61. The van der Waals surface area contributed by atoms with Gasteiger partial charge in [-0.25, -0.2) is 4.98 Å². The van der Waals surface area contributed by atoms with Gasteiger partial charge in [-0.15, -0.1) is 0 Å². The summed E-state index contributed by atoms with van der Waals surface area (Å²) in [7, 11) is 2.19. The maximum absolute atomic E-state index is 4.52. The zero-order chi connectivity index (χ0) is 13.1. The van der Waals surface area contributed by atoms with Crippen molar-refractivity contribution in [2.75, 3.05) is 18.9 Å². The van der Waals surface area contributed by atoms with E-state index in [0.29, 0.717) is 6.04 Å². The molecule has 1 unspecified atom stereocenters. The van der Waals surface area contributed by atoms with E-state index in [-0.39, 0.29) is 0 Å². The molecule has 1 aliphatic rings. The summed E-state index contributed by atoms with van der Waals surface area (Å²) in [5, 5.41) is 3.43. The molecule has 0 aliphatic carbocycles. The van der Waals surface area contributed by atoms with E-state index in [4.69, 9.17) is 0 Å². The van der Waals surface area contributed by atoms with E-state index in [9.17, 15) is 0 Å². The number of aromatic nitrogens is 1. The van der Waals surface area contributed by atoms with Gasteiger partial charge >= 0.3 is 0 Å². The average molecular weight is 253 g/mol. The van der Waals surface area contributed by atoms with Gasteiger partial charge in [0.2, 0.25) is 0 Å². The molecule has 2 heterocycles. The van der Waals surface area contributed by atoms with Crippen LogP contribution in [0.1, 0.15) is 24.4 Å². The average Bonchev–Trinajstić information content (AvgIpc) is 2.87. The predicted molar refractivity (Wildman–Crippen MR) is 78.6 cm³/mol. The minimum absolute atomic E-state index is 0.486. The molecule has 3 rings (SSSR count). The summed E-state index contributed by atoms with van der Waals surface area (Å²) in [5.74, 6) is 0.979. The van der Waals surface area contributed by atoms with Crippen LogP contribution >= 0.6 is 0 Å². The van der Waals surface area contributed by atoms with Gasteiger partial charge < -0.3 is 5.32 Å². The Balaban J connectivity index is 1.89. The molecule has 1 aliphatic heterocycles. The summed E-state index contributed by atoms with van der Waals surface area (Å²) >= 11 is 0. The summed E-state index contributed by atoms with van der Waals surface area (Å²) in [6.45, 7) is 1.17. The van der Waals surface area contributed by atoms with Crippen molar-refractivity contribution in [3.63, 3.8) is 0 Å². The highest BCUT2D eigenvalue weighted by atomic mass is 15.2. The van der Waals surface area contributed by atoms with Crippen LogP contribution in [0.15, 0.2) is 48.7 Å². The van der Waals surface area contributed by atoms with Crippen molar-refractivity contribution in [1.82, 2.24) is 9.88 Å². The zero-order valence-corrected chi connectivity index (χ0v) is 11.2. The van der Waals surface area contributed by atoms with Crippen LogP contribution in [0.3, 0.4) is 0 Å². The molecule has 0 bridgehead atoms. The maximum Gasteiger partial charge on any atom is 0.135 e. The molecule has 3 nitrogen and oxygen atoms in total. The number of nitrogens with one attached hydrogen (secondary N) is 1. The number of benzene rings is 1. The molecule has 1 saturated heterocycles. The Labute approximate surface area is 114 Å². The molecule has 1 atom stereocenters. The van der Waals surface area contributed by atoms with E-state index in [1.54, 1.807) is 0 Å². The molecule has 1 N–H and O–H groups in total. The van der Waals surface area contributed by atoms with Gasteiger partial charge in [0.25, 0.3) is 0 Å². The smallest absolute Gasteiger partial charge is 0.135 e. The van der Waals surface area contributed by atoms with E-state index < -0.39 is 0 Å². The SMILES string of the molecule is CN1CCCC1c1cccnc1Nc1ccccc1. The molecule has 19 heavy (non-hydrogen) atoms. The lowest BCUT2D eigenvalue weighted by Gasteiger charge is -2.22. The first-order valence-corrected chi connectivity index (χ1v) is 6.82. The molecule has 3 heteroatoms. The highest BCUT2D eigenvalue weighted by Gasteiger charge is 2.25. The molecule has 98 valence electrons. The third-order valence-corrected chi connectivity index (χ3v) is 3.75. The van der Waals surface area contributed by atoms with Gasteiger partial charge in [0, 0.05) is 23.5 Å². The molecule has 1 fully saturated rings. The first-order chi connectivity index (χ1) is 9.34. The van der Waals surface area contributed by atoms with E-state index in [0.717, 1.165) is 11.5 Å². The second kappa shape index (κ2) is 5.41. The fourth-order valence-electron chi connectivity index (χ4n) is 2.75. The maximum atomic E-state index is 4.52. The zero-order valence-electron chi connectivity index (χ0n) is 11.2. The highest BCUT2D eigenvalue weighted by Crippen LogP contribution is 2.34. The van der Waals surface area contributed by atoms with E-state index >= 15 is 0 Å². The second-order valence-corrected chi connectivity index (χ2v) is 5.07. The van der Waals surface area contributed by atoms with Crippen molar-refractivity contribution in [3.05, 3.63) is 54.2 Å². The highest BCUT2D eigenvalue weighted by molar-refractivity contribution is 5.59. The second-order valence-electron chi connectivity index (χ2n) is 5.07. The normalized spacial score (nSPS) is 19.5. The molecule has 2 aromatic rings. The van der Waals surface area contributed by atoms with Gasteiger partial charge in [-0.3, -0.25) is 4.90 Å². The molecule has 0 spiro atoms. The lowest BCUT2D eigenvalue weighted by Crippen LogP contribution is -2.18. The Hall–Kier alpha value is -1.87. The number of hydrogen-bond acceptors (Lipinski definition) is 3. The standard InChI is InChI=1S/C16H19N3/c1-19-12-6-10-15(19)14-9-5-11-17-16(14)18-13-7-3-2-4-8-13/h2-5,7-9,11,15H,6,10,12H2,1H3,(H,17,18). The summed E-state index contributed by atoms with van der Waals surface area (Å²) in [6, 6.07) is 14.9. The van der Waals surface area contributed by atoms with Crippen LogP contribution in [0.25, 0.3) is 0 Å². The Morgan fingerprint density at radius 1 is 1.16 bits per heavy atom. The first-order valence-electron chi connectivity index (χ1n) is 6.82. The van der Waals surface area contributed by atoms with Crippen molar-refractivity contribution in [2.24, 2.45) is 0 Å². The van der Waals surface area contributed by atoms with Crippen molar-refractivity contribution in [1.29, 1.82) is 0 Å². The van der Waals surface area contributed by atoms with Gasteiger partial charge in [0.05, 0.1) is 0 Å². The lowest BCUT2D eigenvalue weighted by molar-refractivity contribution is 0.318. The Morgan fingerprint density at radius 2 is 2.00 bits per heavy atom. The van der Waals surface area contributed by atoms with E-state index in [1.165, 1.54) is 24.9 Å². The molecule has 0 radical (unpaired) electrons. The Kier molecular flexibility index (Phi) is 3.47. The van der Waals surface area contributed by atoms with Gasteiger partial charge in [0.1, 0.15) is 5.82 Å². The predicted octanol–water partition coefficient (Wildman–Crippen LogP) is 3.59. The fraction of sp³-hybridized carbons (Fsp3) is 0.312. The van der Waals surface area contributed by atoms with Gasteiger partial charge in [-0.05, 0) is 44.6 Å². The van der Waals surface area contributed by atoms with Crippen LogP contribution < -0.4 is 5.32 Å². The van der Waals surface area contributed by atoms with Crippen LogP contribution in [0.2, 0.25) is 0 Å². The quantitative estimate of drug-likeness (QED) is 0.906. The van der Waals surface area contributed by atoms with Crippen molar-refractivity contribution in [2.45, 2.75) is 18.9 Å². The van der Waals surface area contributed by atoms with Crippen LogP contribution in [-0.4, -0.2) is 23.5 Å². The topological polar surface area (TPSA) is 28.2 Å². The monoisotopic (exact) mass is 253 g/mol. The Bertz CT molecular complexity index is 539. The Morgan fingerprint density at radius 3 is 2.74 bits per heavy atom. The number of hydrogen-bond donors (Lipinski definition) is 1. The van der Waals surface area contributed by atoms with Crippen molar-refractivity contribution >= 4 is 11.5 Å². The van der Waals surface area contributed by atoms with Crippen LogP contribution in [0, 0.1) is 0 Å². The number of nitrogens with zero attached hydrogens (tertiary/aromatic N) is 2. The van der Waals surface area contributed by atoms with E-state index in [1.807, 2.05) is 30.5 Å². The summed E-state index contributed by atoms with van der Waals surface area (Å²) in [6.07, 6.45) is 4.33. The number of anilines is 2. The van der Waals surface area contributed by atoms with Crippen molar-refractivity contribution < 1.29 is 0 Å². The van der Waals surface area contributed by atoms with Gasteiger partial charge in [-0.2, -0.15) is 0 Å². The van der Waals surface area contributed by atoms with Gasteiger partial charge in [-0.1, -0.05) is 24.3 Å². The number of rotatable bonds is 3. The van der Waals surface area contributed by atoms with Crippen LogP contribution in [-0.2, 0) is 0 Å². The molecule has 0 amide bonds. The molecular weight excluding hydrogens is 234 g/mol. The summed E-state index contributed by atoms with van der Waals surface area (Å²) < 4.78 is 0. The van der Waals surface area contributed by atoms with Gasteiger partial charge in [0.15, 0.2) is 0 Å². The summed E-state index contributed by atoms with van der Waals surface area (Å²) in [4.78, 5) is 6.93. The summed E-state index contributed by atoms with van der Waals surface area (Å²) in [5.41, 5.74) is 2.38. The first kappa shape index (κ1) is 12.2. The lowest BCUT2D eigenvalue weighted by atomic mass is 10.1. The van der Waals surface area contributed by atoms with E-state index in [2.05, 4.69) is 40.4 Å². The third-order valence-electron chi connectivity index (χ3n) is 3.75. The van der Waals surface area contributed by atoms with Crippen molar-refractivity contribution in [3.8, 4) is 0 Å². The number of para-hydroxylation sites is 1.